The number of ether oxygens (including phenoxy) is 1. The van der Waals surface area contributed by atoms with Gasteiger partial charge in [0.25, 0.3) is 5.69 Å². The number of halogens is 1. The van der Waals surface area contributed by atoms with Gasteiger partial charge in [0, 0.05) is 37.3 Å². The third-order valence-electron chi connectivity index (χ3n) is 3.75. The monoisotopic (exact) mass is 391 g/mol. The Morgan fingerprint density at radius 1 is 1.48 bits per heavy atom. The summed E-state index contributed by atoms with van der Waals surface area (Å²) >= 11 is 5.72. The van der Waals surface area contributed by atoms with E-state index in [1.807, 2.05) is 0 Å². The van der Waals surface area contributed by atoms with Crippen LogP contribution in [-0.4, -0.2) is 57.1 Å². The number of morpholine rings is 1. The molecule has 1 aromatic carbocycles. The van der Waals surface area contributed by atoms with Crippen molar-refractivity contribution in [2.45, 2.75) is 24.8 Å². The summed E-state index contributed by atoms with van der Waals surface area (Å²) in [5.74, 6) is 0.507. The van der Waals surface area contributed by atoms with Gasteiger partial charge in [0.2, 0.25) is 10.0 Å². The van der Waals surface area contributed by atoms with Gasteiger partial charge in [-0.2, -0.15) is 0 Å². The van der Waals surface area contributed by atoms with E-state index >= 15 is 0 Å². The van der Waals surface area contributed by atoms with E-state index in [1.54, 1.807) is 0 Å². The molecule has 0 amide bonds. The van der Waals surface area contributed by atoms with Crippen molar-refractivity contribution in [3.63, 3.8) is 0 Å². The molecule has 140 valence electrons. The van der Waals surface area contributed by atoms with E-state index in [1.165, 1.54) is 6.07 Å². The van der Waals surface area contributed by atoms with Crippen molar-refractivity contribution >= 4 is 27.3 Å². The standard InChI is InChI=1S/C15H22ClN3O5S/c1-11(2)9-18-5-6-24-13(10-18)8-17-25(22,23)15-4-3-12(16)7-14(15)19(20)21/h3-4,7,11,13,17H,5-6,8-10H2,1-2H3. The van der Waals surface area contributed by atoms with Crippen molar-refractivity contribution in [3.05, 3.63) is 33.3 Å². The maximum Gasteiger partial charge on any atom is 0.290 e. The highest BCUT2D eigenvalue weighted by Gasteiger charge is 2.28. The normalized spacial score (nSPS) is 19.3. The molecule has 1 aliphatic heterocycles. The molecule has 1 saturated heterocycles. The fraction of sp³-hybridized carbons (Fsp3) is 0.600. The number of sulfonamides is 1. The zero-order valence-corrected chi connectivity index (χ0v) is 15.7. The number of nitro benzene ring substituents is 1. The first-order valence-corrected chi connectivity index (χ1v) is 9.82. The molecule has 10 heteroatoms. The van der Waals surface area contributed by atoms with Crippen LogP contribution in [0.3, 0.4) is 0 Å². The van der Waals surface area contributed by atoms with Crippen LogP contribution in [0.25, 0.3) is 0 Å². The molecule has 1 unspecified atom stereocenters. The minimum Gasteiger partial charge on any atom is -0.374 e. The summed E-state index contributed by atoms with van der Waals surface area (Å²) in [7, 11) is -4.04. The molecule has 0 aliphatic carbocycles. The van der Waals surface area contributed by atoms with Crippen molar-refractivity contribution in [2.75, 3.05) is 32.8 Å². The number of nitrogens with one attached hydrogen (secondary N) is 1. The van der Waals surface area contributed by atoms with Gasteiger partial charge in [0.1, 0.15) is 0 Å². The van der Waals surface area contributed by atoms with Gasteiger partial charge < -0.3 is 4.74 Å². The van der Waals surface area contributed by atoms with Gasteiger partial charge in [-0.25, -0.2) is 13.1 Å². The summed E-state index contributed by atoms with van der Waals surface area (Å²) < 4.78 is 32.9. The highest BCUT2D eigenvalue weighted by molar-refractivity contribution is 7.89. The van der Waals surface area contributed by atoms with Gasteiger partial charge in [0.15, 0.2) is 4.90 Å². The van der Waals surface area contributed by atoms with Crippen molar-refractivity contribution < 1.29 is 18.1 Å². The lowest BCUT2D eigenvalue weighted by Crippen LogP contribution is -2.48. The lowest BCUT2D eigenvalue weighted by atomic mass is 10.2. The third kappa shape index (κ3) is 5.61. The first-order valence-electron chi connectivity index (χ1n) is 7.96. The molecule has 1 aliphatic rings. The molecule has 1 heterocycles. The Bertz CT molecular complexity index is 726. The van der Waals surface area contributed by atoms with Crippen molar-refractivity contribution in [3.8, 4) is 0 Å². The van der Waals surface area contributed by atoms with Gasteiger partial charge >= 0.3 is 0 Å². The van der Waals surface area contributed by atoms with E-state index in [0.29, 0.717) is 19.1 Å². The molecule has 25 heavy (non-hydrogen) atoms. The Morgan fingerprint density at radius 3 is 2.84 bits per heavy atom. The highest BCUT2D eigenvalue weighted by atomic mass is 35.5. The van der Waals surface area contributed by atoms with E-state index in [9.17, 15) is 18.5 Å². The lowest BCUT2D eigenvalue weighted by Gasteiger charge is -2.33. The van der Waals surface area contributed by atoms with Crippen LogP contribution < -0.4 is 4.72 Å². The molecule has 0 spiro atoms. The first kappa shape index (κ1) is 20.1. The van der Waals surface area contributed by atoms with Crippen LogP contribution >= 0.6 is 11.6 Å². The quantitative estimate of drug-likeness (QED) is 0.562. The summed E-state index contributed by atoms with van der Waals surface area (Å²) in [5.41, 5.74) is -0.550. The predicted molar refractivity (Wildman–Crippen MR) is 94.3 cm³/mol. The second-order valence-corrected chi connectivity index (χ2v) is 8.54. The molecular weight excluding hydrogens is 370 g/mol. The number of nitro groups is 1. The topological polar surface area (TPSA) is 102 Å². The molecule has 0 radical (unpaired) electrons. The van der Waals surface area contributed by atoms with E-state index in [2.05, 4.69) is 23.5 Å². The lowest BCUT2D eigenvalue weighted by molar-refractivity contribution is -0.387. The Kier molecular flexibility index (Phi) is 6.75. The Balaban J connectivity index is 2.06. The smallest absolute Gasteiger partial charge is 0.290 e. The Hall–Kier alpha value is -1.26. The van der Waals surface area contributed by atoms with Gasteiger partial charge in [-0.05, 0) is 18.1 Å². The van der Waals surface area contributed by atoms with Crippen LogP contribution in [0.4, 0.5) is 5.69 Å². The van der Waals surface area contributed by atoms with Crippen LogP contribution in [0, 0.1) is 16.0 Å². The van der Waals surface area contributed by atoms with E-state index in [0.717, 1.165) is 25.2 Å². The SMILES string of the molecule is CC(C)CN1CCOC(CNS(=O)(=O)c2ccc(Cl)cc2[N+](=O)[O-])C1. The summed E-state index contributed by atoms with van der Waals surface area (Å²) in [6, 6.07) is 3.47. The van der Waals surface area contributed by atoms with Crippen LogP contribution in [0.2, 0.25) is 5.02 Å². The van der Waals surface area contributed by atoms with Crippen molar-refractivity contribution in [1.29, 1.82) is 0 Å². The maximum atomic E-state index is 12.4. The van der Waals surface area contributed by atoms with Crippen LogP contribution in [-0.2, 0) is 14.8 Å². The molecule has 2 rings (SSSR count). The largest absolute Gasteiger partial charge is 0.374 e. The molecule has 1 atom stereocenters. The minimum absolute atomic E-state index is 0.0523. The molecule has 1 fully saturated rings. The van der Waals surface area contributed by atoms with Crippen LogP contribution in [0.1, 0.15) is 13.8 Å². The van der Waals surface area contributed by atoms with Gasteiger partial charge in [0.05, 0.1) is 17.6 Å². The van der Waals surface area contributed by atoms with Gasteiger partial charge in [-0.15, -0.1) is 0 Å². The highest BCUT2D eigenvalue weighted by Crippen LogP contribution is 2.27. The van der Waals surface area contributed by atoms with E-state index in [-0.39, 0.29) is 17.7 Å². The van der Waals surface area contributed by atoms with E-state index < -0.39 is 25.5 Å². The number of nitrogens with zero attached hydrogens (tertiary/aromatic N) is 2. The second-order valence-electron chi connectivity index (χ2n) is 6.37. The fourth-order valence-electron chi connectivity index (χ4n) is 2.73. The summed E-state index contributed by atoms with van der Waals surface area (Å²) in [6.07, 6.45) is -0.298. The molecule has 0 saturated carbocycles. The average Bonchev–Trinajstić information content (AvgIpc) is 2.52. The number of rotatable bonds is 7. The van der Waals surface area contributed by atoms with Gasteiger partial charge in [-0.3, -0.25) is 15.0 Å². The molecule has 1 aromatic rings. The van der Waals surface area contributed by atoms with Crippen LogP contribution in [0.5, 0.6) is 0 Å². The average molecular weight is 392 g/mol. The van der Waals surface area contributed by atoms with Crippen molar-refractivity contribution in [1.82, 2.24) is 9.62 Å². The summed E-state index contributed by atoms with van der Waals surface area (Å²) in [6.45, 7) is 7.15. The number of benzene rings is 1. The summed E-state index contributed by atoms with van der Waals surface area (Å²) in [4.78, 5) is 12.1. The second kappa shape index (κ2) is 8.41. The van der Waals surface area contributed by atoms with E-state index in [4.69, 9.17) is 16.3 Å². The Morgan fingerprint density at radius 2 is 2.20 bits per heavy atom. The number of hydrogen-bond donors (Lipinski definition) is 1. The number of hydrogen-bond acceptors (Lipinski definition) is 6. The molecule has 0 bridgehead atoms. The summed E-state index contributed by atoms with van der Waals surface area (Å²) in [5, 5.41) is 11.2. The molecule has 0 aromatic heterocycles. The maximum absolute atomic E-state index is 12.4. The van der Waals surface area contributed by atoms with Crippen LogP contribution in [0.15, 0.2) is 23.1 Å². The third-order valence-corrected chi connectivity index (χ3v) is 5.46. The fourth-order valence-corrected chi connectivity index (χ4v) is 4.11. The zero-order valence-electron chi connectivity index (χ0n) is 14.1. The molecular formula is C15H22ClN3O5S. The van der Waals surface area contributed by atoms with Crippen molar-refractivity contribution in [2.24, 2.45) is 5.92 Å². The zero-order chi connectivity index (χ0) is 18.6. The molecule has 1 N–H and O–H groups in total. The Labute approximate surface area is 152 Å². The minimum atomic E-state index is -4.04. The predicted octanol–water partition coefficient (Wildman–Crippen LogP) is 1.88. The molecule has 8 nitrogen and oxygen atoms in total. The van der Waals surface area contributed by atoms with Gasteiger partial charge in [-0.1, -0.05) is 25.4 Å². The first-order chi connectivity index (χ1) is 11.7.